The summed E-state index contributed by atoms with van der Waals surface area (Å²) in [5.41, 5.74) is 2.67. The third-order valence-corrected chi connectivity index (χ3v) is 5.17. The maximum Gasteiger partial charge on any atom is 0.198 e. The van der Waals surface area contributed by atoms with Crippen LogP contribution in [0.1, 0.15) is 36.5 Å². The average molecular weight is 338 g/mol. The number of anilines is 1. The van der Waals surface area contributed by atoms with Crippen molar-refractivity contribution < 1.29 is 0 Å². The lowest BCUT2D eigenvalue weighted by Gasteiger charge is -2.22. The Balaban J connectivity index is 1.39. The molecule has 2 aliphatic heterocycles. The maximum atomic E-state index is 4.48. The quantitative estimate of drug-likeness (QED) is 0.688. The molecular formula is C19H26N6. The van der Waals surface area contributed by atoms with Crippen molar-refractivity contribution in [2.24, 2.45) is 4.99 Å². The Morgan fingerprint density at radius 3 is 2.96 bits per heavy atom. The molecule has 2 aliphatic rings. The first-order valence-corrected chi connectivity index (χ1v) is 9.34. The van der Waals surface area contributed by atoms with Crippen LogP contribution in [-0.2, 0) is 25.8 Å². The number of rotatable bonds is 3. The van der Waals surface area contributed by atoms with Crippen LogP contribution in [0.5, 0.6) is 0 Å². The van der Waals surface area contributed by atoms with E-state index >= 15 is 0 Å². The van der Waals surface area contributed by atoms with Gasteiger partial charge in [0.05, 0.1) is 0 Å². The third kappa shape index (κ3) is 3.25. The topological polar surface area (TPSA) is 58.3 Å². The normalized spacial score (nSPS) is 17.2. The molecule has 6 heteroatoms. The van der Waals surface area contributed by atoms with E-state index in [1.54, 1.807) is 0 Å². The molecular weight excluding hydrogens is 312 g/mol. The number of benzene rings is 1. The van der Waals surface area contributed by atoms with Crippen LogP contribution in [0.15, 0.2) is 29.3 Å². The molecule has 0 bridgehead atoms. The third-order valence-electron chi connectivity index (χ3n) is 5.17. The van der Waals surface area contributed by atoms with Crippen molar-refractivity contribution in [1.82, 2.24) is 20.1 Å². The smallest absolute Gasteiger partial charge is 0.198 e. The summed E-state index contributed by atoms with van der Waals surface area (Å²) < 4.78 is 2.32. The van der Waals surface area contributed by atoms with E-state index in [9.17, 15) is 0 Å². The van der Waals surface area contributed by atoms with Crippen molar-refractivity contribution in [3.8, 4) is 0 Å². The first kappa shape index (κ1) is 16.1. The number of aliphatic imine (C=N–C) groups is 1. The second kappa shape index (κ2) is 7.25. The number of para-hydroxylation sites is 1. The predicted molar refractivity (Wildman–Crippen MR) is 100 cm³/mol. The molecule has 0 aliphatic carbocycles. The van der Waals surface area contributed by atoms with E-state index in [0.717, 1.165) is 56.5 Å². The number of nitrogens with one attached hydrogen (secondary N) is 1. The number of aryl methyl sites for hydroxylation is 1. The first-order chi connectivity index (χ1) is 12.4. The lowest BCUT2D eigenvalue weighted by Crippen LogP contribution is -2.41. The molecule has 6 nitrogen and oxygen atoms in total. The first-order valence-electron chi connectivity index (χ1n) is 9.34. The Morgan fingerprint density at radius 2 is 2.04 bits per heavy atom. The predicted octanol–water partition coefficient (Wildman–Crippen LogP) is 2.19. The molecule has 1 N–H and O–H groups in total. The van der Waals surface area contributed by atoms with Crippen LogP contribution in [0.4, 0.5) is 5.69 Å². The van der Waals surface area contributed by atoms with E-state index in [1.165, 1.54) is 30.5 Å². The van der Waals surface area contributed by atoms with E-state index in [0.29, 0.717) is 0 Å². The number of hydrogen-bond donors (Lipinski definition) is 1. The standard InChI is InChI=1S/C19H26N6/c1-20-19(24-14-11-15-7-4-5-8-16(15)24)21-12-10-18-23-22-17-9-3-2-6-13-25(17)18/h4-5,7-8H,2-3,6,9-14H2,1H3,(H,20,21). The molecule has 2 aromatic rings. The Kier molecular flexibility index (Phi) is 4.68. The second-order valence-corrected chi connectivity index (χ2v) is 6.75. The molecule has 0 spiro atoms. The summed E-state index contributed by atoms with van der Waals surface area (Å²) in [6.45, 7) is 2.87. The monoisotopic (exact) mass is 338 g/mol. The Bertz CT molecular complexity index is 763. The number of nitrogens with zero attached hydrogens (tertiary/aromatic N) is 5. The lowest BCUT2D eigenvalue weighted by molar-refractivity contribution is 0.601. The van der Waals surface area contributed by atoms with Crippen molar-refractivity contribution in [3.63, 3.8) is 0 Å². The van der Waals surface area contributed by atoms with E-state index in [-0.39, 0.29) is 0 Å². The van der Waals surface area contributed by atoms with Crippen molar-refractivity contribution >= 4 is 11.6 Å². The lowest BCUT2D eigenvalue weighted by atomic mass is 10.2. The van der Waals surface area contributed by atoms with Crippen LogP contribution in [0, 0.1) is 0 Å². The molecule has 1 aromatic heterocycles. The van der Waals surface area contributed by atoms with Crippen molar-refractivity contribution in [2.75, 3.05) is 25.0 Å². The van der Waals surface area contributed by atoms with Gasteiger partial charge < -0.3 is 14.8 Å². The summed E-state index contributed by atoms with van der Waals surface area (Å²) in [4.78, 5) is 6.76. The molecule has 0 radical (unpaired) electrons. The summed E-state index contributed by atoms with van der Waals surface area (Å²) in [7, 11) is 1.85. The van der Waals surface area contributed by atoms with Crippen LogP contribution in [0.3, 0.4) is 0 Å². The summed E-state index contributed by atoms with van der Waals surface area (Å²) in [5, 5.41) is 12.3. The minimum Gasteiger partial charge on any atom is -0.355 e. The van der Waals surface area contributed by atoms with E-state index < -0.39 is 0 Å². The van der Waals surface area contributed by atoms with E-state index in [2.05, 4.69) is 54.2 Å². The van der Waals surface area contributed by atoms with Crippen LogP contribution >= 0.6 is 0 Å². The molecule has 0 saturated carbocycles. The highest BCUT2D eigenvalue weighted by Crippen LogP contribution is 2.27. The van der Waals surface area contributed by atoms with Gasteiger partial charge >= 0.3 is 0 Å². The van der Waals surface area contributed by atoms with Gasteiger partial charge in [-0.3, -0.25) is 4.99 Å². The highest BCUT2D eigenvalue weighted by atomic mass is 15.3. The molecule has 25 heavy (non-hydrogen) atoms. The second-order valence-electron chi connectivity index (χ2n) is 6.75. The minimum atomic E-state index is 0.823. The molecule has 132 valence electrons. The van der Waals surface area contributed by atoms with E-state index in [4.69, 9.17) is 0 Å². The van der Waals surface area contributed by atoms with Crippen molar-refractivity contribution in [3.05, 3.63) is 41.5 Å². The van der Waals surface area contributed by atoms with Gasteiger partial charge in [-0.05, 0) is 30.9 Å². The molecule has 4 rings (SSSR count). The number of aromatic nitrogens is 3. The largest absolute Gasteiger partial charge is 0.355 e. The Hall–Kier alpha value is -2.37. The fourth-order valence-electron chi connectivity index (χ4n) is 3.87. The zero-order chi connectivity index (χ0) is 17.1. The van der Waals surface area contributed by atoms with Gasteiger partial charge in [-0.25, -0.2) is 0 Å². The SMILES string of the molecule is CN=C(NCCc1nnc2n1CCCCC2)N1CCc2ccccc21. The number of guanidine groups is 1. The summed E-state index contributed by atoms with van der Waals surface area (Å²) in [6, 6.07) is 8.58. The van der Waals surface area contributed by atoms with Gasteiger partial charge in [0.2, 0.25) is 0 Å². The summed E-state index contributed by atoms with van der Waals surface area (Å²) in [6.07, 6.45) is 6.78. The highest BCUT2D eigenvalue weighted by molar-refractivity contribution is 5.97. The molecule has 0 saturated heterocycles. The van der Waals surface area contributed by atoms with Crippen molar-refractivity contribution in [1.29, 1.82) is 0 Å². The van der Waals surface area contributed by atoms with Gasteiger partial charge in [0.1, 0.15) is 11.6 Å². The number of hydrogen-bond acceptors (Lipinski definition) is 3. The molecule has 0 unspecified atom stereocenters. The summed E-state index contributed by atoms with van der Waals surface area (Å²) >= 11 is 0. The Morgan fingerprint density at radius 1 is 1.12 bits per heavy atom. The van der Waals surface area contributed by atoms with Gasteiger partial charge in [0, 0.05) is 45.2 Å². The molecule has 0 amide bonds. The van der Waals surface area contributed by atoms with E-state index in [1.807, 2.05) is 7.05 Å². The van der Waals surface area contributed by atoms with Gasteiger partial charge in [0.15, 0.2) is 5.96 Å². The zero-order valence-electron chi connectivity index (χ0n) is 14.9. The molecule has 0 fully saturated rings. The fraction of sp³-hybridized carbons (Fsp3) is 0.526. The Labute approximate surface area is 149 Å². The fourth-order valence-corrected chi connectivity index (χ4v) is 3.87. The van der Waals surface area contributed by atoms with Gasteiger partial charge in [-0.2, -0.15) is 0 Å². The van der Waals surface area contributed by atoms with Crippen LogP contribution in [-0.4, -0.2) is 40.9 Å². The van der Waals surface area contributed by atoms with Gasteiger partial charge in [-0.1, -0.05) is 24.6 Å². The molecule has 1 aromatic carbocycles. The van der Waals surface area contributed by atoms with Gasteiger partial charge in [0.25, 0.3) is 0 Å². The average Bonchev–Trinajstić information content (AvgIpc) is 3.16. The minimum absolute atomic E-state index is 0.823. The zero-order valence-corrected chi connectivity index (χ0v) is 14.9. The van der Waals surface area contributed by atoms with Crippen LogP contribution < -0.4 is 10.2 Å². The molecule has 0 atom stereocenters. The molecule has 3 heterocycles. The maximum absolute atomic E-state index is 4.48. The van der Waals surface area contributed by atoms with Crippen LogP contribution in [0.25, 0.3) is 0 Å². The van der Waals surface area contributed by atoms with Gasteiger partial charge in [-0.15, -0.1) is 10.2 Å². The van der Waals surface area contributed by atoms with Crippen LogP contribution in [0.2, 0.25) is 0 Å². The van der Waals surface area contributed by atoms with Crippen molar-refractivity contribution in [2.45, 2.75) is 45.1 Å². The summed E-state index contributed by atoms with van der Waals surface area (Å²) in [5.74, 6) is 3.20. The number of fused-ring (bicyclic) bond motifs is 2. The highest BCUT2D eigenvalue weighted by Gasteiger charge is 2.22.